The molecule has 92 valence electrons. The Kier molecular flexibility index (Phi) is 3.89. The van der Waals surface area contributed by atoms with Gasteiger partial charge in [0.15, 0.2) is 0 Å². The van der Waals surface area contributed by atoms with Crippen LogP contribution in [0.5, 0.6) is 0 Å². The van der Waals surface area contributed by atoms with E-state index in [0.717, 1.165) is 24.8 Å². The van der Waals surface area contributed by atoms with Gasteiger partial charge in [-0.1, -0.05) is 30.3 Å². The number of carbonyl (C=O) groups excluding carboxylic acids is 1. The maximum absolute atomic E-state index is 11.4. The molecule has 1 N–H and O–H groups in total. The highest BCUT2D eigenvalue weighted by Crippen LogP contribution is 2.37. The molecule has 0 aliphatic heterocycles. The van der Waals surface area contributed by atoms with Gasteiger partial charge in [0.25, 0.3) is 0 Å². The van der Waals surface area contributed by atoms with Gasteiger partial charge < -0.3 is 10.1 Å². The van der Waals surface area contributed by atoms with Crippen LogP contribution in [-0.4, -0.2) is 17.5 Å². The number of halogens is 1. The van der Waals surface area contributed by atoms with Gasteiger partial charge in [-0.15, -0.1) is 11.6 Å². The van der Waals surface area contributed by atoms with E-state index in [0.29, 0.717) is 13.2 Å². The predicted octanol–water partition coefficient (Wildman–Crippen LogP) is 3.07. The molecule has 2 rings (SSSR count). The number of hydrogen-bond acceptors (Lipinski definition) is 2. The molecule has 1 amide bonds. The second kappa shape index (κ2) is 5.41. The SMILES string of the molecule is O=C(NCC1(Cl)CCC1)OCc1ccccc1. The summed E-state index contributed by atoms with van der Waals surface area (Å²) in [4.78, 5) is 11.2. The topological polar surface area (TPSA) is 38.3 Å². The van der Waals surface area contributed by atoms with Gasteiger partial charge in [0.1, 0.15) is 6.61 Å². The number of carbonyl (C=O) groups is 1. The first-order chi connectivity index (χ1) is 8.18. The summed E-state index contributed by atoms with van der Waals surface area (Å²) in [5.74, 6) is 0. The number of alkyl carbamates (subject to hydrolysis) is 1. The van der Waals surface area contributed by atoms with Gasteiger partial charge >= 0.3 is 6.09 Å². The summed E-state index contributed by atoms with van der Waals surface area (Å²) in [5.41, 5.74) is 0.979. The quantitative estimate of drug-likeness (QED) is 0.838. The Balaban J connectivity index is 1.67. The zero-order valence-electron chi connectivity index (χ0n) is 9.62. The Labute approximate surface area is 106 Å². The lowest BCUT2D eigenvalue weighted by atomic mass is 9.84. The number of nitrogens with one attached hydrogen (secondary N) is 1. The van der Waals surface area contributed by atoms with Crippen LogP contribution in [0.4, 0.5) is 4.79 Å². The minimum atomic E-state index is -0.402. The molecule has 0 atom stereocenters. The summed E-state index contributed by atoms with van der Waals surface area (Å²) in [7, 11) is 0. The van der Waals surface area contributed by atoms with Crippen molar-refractivity contribution in [1.82, 2.24) is 5.32 Å². The second-order valence-corrected chi connectivity index (χ2v) is 5.22. The maximum atomic E-state index is 11.4. The Hall–Kier alpha value is -1.22. The van der Waals surface area contributed by atoms with E-state index in [2.05, 4.69) is 5.32 Å². The fraction of sp³-hybridized carbons (Fsp3) is 0.462. The van der Waals surface area contributed by atoms with Gasteiger partial charge in [-0.05, 0) is 24.8 Å². The highest BCUT2D eigenvalue weighted by Gasteiger charge is 2.34. The molecule has 0 spiro atoms. The van der Waals surface area contributed by atoms with Crippen molar-refractivity contribution in [3.05, 3.63) is 35.9 Å². The number of rotatable bonds is 4. The summed E-state index contributed by atoms with van der Waals surface area (Å²) in [6, 6.07) is 9.60. The molecule has 0 unspecified atom stereocenters. The minimum absolute atomic E-state index is 0.230. The lowest BCUT2D eigenvalue weighted by Gasteiger charge is -2.35. The van der Waals surface area contributed by atoms with E-state index in [1.165, 1.54) is 0 Å². The third-order valence-electron chi connectivity index (χ3n) is 3.01. The number of benzene rings is 1. The molecule has 4 heteroatoms. The van der Waals surface area contributed by atoms with E-state index in [1.807, 2.05) is 30.3 Å². The fourth-order valence-electron chi connectivity index (χ4n) is 1.74. The molecule has 1 fully saturated rings. The summed E-state index contributed by atoms with van der Waals surface area (Å²) >= 11 is 6.20. The van der Waals surface area contributed by atoms with E-state index in [9.17, 15) is 4.79 Å². The summed E-state index contributed by atoms with van der Waals surface area (Å²) in [6.07, 6.45) is 2.67. The molecule has 17 heavy (non-hydrogen) atoms. The average Bonchev–Trinajstić information content (AvgIpc) is 2.33. The molecular formula is C13H16ClNO2. The average molecular weight is 254 g/mol. The Morgan fingerprint density at radius 2 is 2.06 bits per heavy atom. The third-order valence-corrected chi connectivity index (χ3v) is 3.52. The Morgan fingerprint density at radius 3 is 2.65 bits per heavy atom. The van der Waals surface area contributed by atoms with Crippen LogP contribution in [0.25, 0.3) is 0 Å². The molecule has 0 radical (unpaired) electrons. The lowest BCUT2D eigenvalue weighted by Crippen LogP contribution is -2.43. The number of alkyl halides is 1. The number of amides is 1. The van der Waals surface area contributed by atoms with Gasteiger partial charge in [-0.3, -0.25) is 0 Å². The third kappa shape index (κ3) is 3.63. The van der Waals surface area contributed by atoms with Crippen molar-refractivity contribution in [3.8, 4) is 0 Å². The largest absolute Gasteiger partial charge is 0.445 e. The zero-order valence-corrected chi connectivity index (χ0v) is 10.4. The van der Waals surface area contributed by atoms with Crippen LogP contribution in [-0.2, 0) is 11.3 Å². The van der Waals surface area contributed by atoms with Gasteiger partial charge in [-0.2, -0.15) is 0 Å². The Morgan fingerprint density at radius 1 is 1.35 bits per heavy atom. The molecule has 1 aliphatic rings. The van der Waals surface area contributed by atoms with Crippen LogP contribution in [0.1, 0.15) is 24.8 Å². The zero-order chi connectivity index (χ0) is 12.1. The normalized spacial score (nSPS) is 17.0. The predicted molar refractivity (Wildman–Crippen MR) is 67.1 cm³/mol. The van der Waals surface area contributed by atoms with Crippen LogP contribution in [0, 0.1) is 0 Å². The molecular weight excluding hydrogens is 238 g/mol. The number of hydrogen-bond donors (Lipinski definition) is 1. The Bertz CT molecular complexity index is 376. The lowest BCUT2D eigenvalue weighted by molar-refractivity contribution is 0.136. The highest BCUT2D eigenvalue weighted by molar-refractivity contribution is 6.24. The smallest absolute Gasteiger partial charge is 0.407 e. The van der Waals surface area contributed by atoms with E-state index in [1.54, 1.807) is 0 Å². The van der Waals surface area contributed by atoms with E-state index in [-0.39, 0.29) is 4.87 Å². The molecule has 3 nitrogen and oxygen atoms in total. The fourth-order valence-corrected chi connectivity index (χ4v) is 2.08. The van der Waals surface area contributed by atoms with Crippen molar-refractivity contribution in [2.24, 2.45) is 0 Å². The summed E-state index contributed by atoms with van der Waals surface area (Å²) in [5, 5.41) is 2.70. The first kappa shape index (κ1) is 12.2. The van der Waals surface area contributed by atoms with Crippen LogP contribution in [0.15, 0.2) is 30.3 Å². The van der Waals surface area contributed by atoms with Crippen molar-refractivity contribution in [2.75, 3.05) is 6.54 Å². The monoisotopic (exact) mass is 253 g/mol. The van der Waals surface area contributed by atoms with E-state index < -0.39 is 6.09 Å². The van der Waals surface area contributed by atoms with Gasteiger partial charge in [0.05, 0.1) is 4.87 Å². The molecule has 0 bridgehead atoms. The molecule has 0 heterocycles. The molecule has 1 aliphatic carbocycles. The van der Waals surface area contributed by atoms with Crippen LogP contribution >= 0.6 is 11.6 Å². The van der Waals surface area contributed by atoms with Crippen LogP contribution in [0.2, 0.25) is 0 Å². The number of ether oxygens (including phenoxy) is 1. The van der Waals surface area contributed by atoms with Crippen molar-refractivity contribution < 1.29 is 9.53 Å². The standard InChI is InChI=1S/C13H16ClNO2/c14-13(7-4-8-13)10-15-12(16)17-9-11-5-2-1-3-6-11/h1-3,5-6H,4,7-10H2,(H,15,16). The van der Waals surface area contributed by atoms with E-state index in [4.69, 9.17) is 16.3 Å². The molecule has 0 saturated heterocycles. The molecule has 1 aromatic rings. The van der Waals surface area contributed by atoms with Crippen molar-refractivity contribution in [1.29, 1.82) is 0 Å². The van der Waals surface area contributed by atoms with Crippen molar-refractivity contribution in [3.63, 3.8) is 0 Å². The molecule has 1 aromatic carbocycles. The maximum Gasteiger partial charge on any atom is 0.407 e. The van der Waals surface area contributed by atoms with Gasteiger partial charge in [0, 0.05) is 6.54 Å². The second-order valence-electron chi connectivity index (χ2n) is 4.42. The molecule has 0 aromatic heterocycles. The molecule has 1 saturated carbocycles. The van der Waals surface area contributed by atoms with Crippen LogP contribution in [0.3, 0.4) is 0 Å². The van der Waals surface area contributed by atoms with E-state index >= 15 is 0 Å². The van der Waals surface area contributed by atoms with Gasteiger partial charge in [-0.25, -0.2) is 4.79 Å². The van der Waals surface area contributed by atoms with Crippen LogP contribution < -0.4 is 5.32 Å². The first-order valence-corrected chi connectivity index (χ1v) is 6.19. The van der Waals surface area contributed by atoms with Gasteiger partial charge in [0.2, 0.25) is 0 Å². The minimum Gasteiger partial charge on any atom is -0.445 e. The summed E-state index contributed by atoms with van der Waals surface area (Å²) < 4.78 is 5.08. The summed E-state index contributed by atoms with van der Waals surface area (Å²) in [6.45, 7) is 0.782. The highest BCUT2D eigenvalue weighted by atomic mass is 35.5. The van der Waals surface area contributed by atoms with Crippen molar-refractivity contribution >= 4 is 17.7 Å². The first-order valence-electron chi connectivity index (χ1n) is 5.81. The van der Waals surface area contributed by atoms with Crippen molar-refractivity contribution in [2.45, 2.75) is 30.7 Å².